The van der Waals surface area contributed by atoms with Crippen molar-refractivity contribution in [3.63, 3.8) is 0 Å². The number of nitrogens with two attached hydrogens (primary N) is 1. The highest BCUT2D eigenvalue weighted by atomic mass is 19.4. The van der Waals surface area contributed by atoms with Gasteiger partial charge in [-0.05, 0) is 19.1 Å². The minimum Gasteiger partial charge on any atom is -0.396 e. The summed E-state index contributed by atoms with van der Waals surface area (Å²) >= 11 is 0. The third-order valence-electron chi connectivity index (χ3n) is 1.86. The molecule has 0 fully saturated rings. The van der Waals surface area contributed by atoms with Crippen molar-refractivity contribution < 1.29 is 22.4 Å². The SMILES string of the molecule is CC(=O)c1ccc(C(F)(F)F)c(N)c1F. The van der Waals surface area contributed by atoms with Gasteiger partial charge in [0.2, 0.25) is 0 Å². The molecular formula is C9H7F4NO. The smallest absolute Gasteiger partial charge is 0.396 e. The molecule has 0 saturated carbocycles. The number of hydrogen-bond acceptors (Lipinski definition) is 2. The highest BCUT2D eigenvalue weighted by Gasteiger charge is 2.34. The molecule has 0 spiro atoms. The zero-order valence-corrected chi connectivity index (χ0v) is 7.65. The van der Waals surface area contributed by atoms with E-state index in [9.17, 15) is 22.4 Å². The molecule has 0 aromatic heterocycles. The molecule has 1 rings (SSSR count). The maximum absolute atomic E-state index is 13.2. The summed E-state index contributed by atoms with van der Waals surface area (Å²) in [6.45, 7) is 1.05. The molecule has 6 heteroatoms. The summed E-state index contributed by atoms with van der Waals surface area (Å²) in [5.41, 5.74) is 2.20. The standard InChI is InChI=1S/C9H7F4NO/c1-4(15)5-2-3-6(9(11,12)13)8(14)7(5)10/h2-3H,14H2,1H3. The number of hydrogen-bond donors (Lipinski definition) is 1. The van der Waals surface area contributed by atoms with Crippen molar-refractivity contribution >= 4 is 11.5 Å². The second kappa shape index (κ2) is 3.52. The van der Waals surface area contributed by atoms with E-state index in [-0.39, 0.29) is 0 Å². The van der Waals surface area contributed by atoms with E-state index in [1.165, 1.54) is 0 Å². The summed E-state index contributed by atoms with van der Waals surface area (Å²) in [5, 5.41) is 0. The summed E-state index contributed by atoms with van der Waals surface area (Å²) < 4.78 is 49.9. The van der Waals surface area contributed by atoms with E-state index < -0.39 is 34.6 Å². The maximum atomic E-state index is 13.2. The topological polar surface area (TPSA) is 43.1 Å². The van der Waals surface area contributed by atoms with Crippen molar-refractivity contribution in [1.29, 1.82) is 0 Å². The first-order chi connectivity index (χ1) is 6.75. The van der Waals surface area contributed by atoms with Gasteiger partial charge >= 0.3 is 6.18 Å². The van der Waals surface area contributed by atoms with Crippen LogP contribution in [0.2, 0.25) is 0 Å². The van der Waals surface area contributed by atoms with Gasteiger partial charge in [0.1, 0.15) is 0 Å². The van der Waals surface area contributed by atoms with E-state index in [2.05, 4.69) is 0 Å². The van der Waals surface area contributed by atoms with Gasteiger partial charge in [0.05, 0.1) is 16.8 Å². The number of benzene rings is 1. The number of anilines is 1. The van der Waals surface area contributed by atoms with Crippen LogP contribution in [0.3, 0.4) is 0 Å². The zero-order valence-electron chi connectivity index (χ0n) is 7.65. The summed E-state index contributed by atoms with van der Waals surface area (Å²) in [4.78, 5) is 10.8. The largest absolute Gasteiger partial charge is 0.418 e. The predicted molar refractivity (Wildman–Crippen MR) is 45.8 cm³/mol. The van der Waals surface area contributed by atoms with Gasteiger partial charge in [-0.1, -0.05) is 0 Å². The Morgan fingerprint density at radius 1 is 1.33 bits per heavy atom. The van der Waals surface area contributed by atoms with Crippen molar-refractivity contribution in [2.45, 2.75) is 13.1 Å². The van der Waals surface area contributed by atoms with Crippen LogP contribution in [0.15, 0.2) is 12.1 Å². The highest BCUT2D eigenvalue weighted by molar-refractivity contribution is 5.95. The van der Waals surface area contributed by atoms with Crippen molar-refractivity contribution in [2.24, 2.45) is 0 Å². The van der Waals surface area contributed by atoms with E-state index in [0.29, 0.717) is 6.07 Å². The first-order valence-corrected chi connectivity index (χ1v) is 3.91. The highest BCUT2D eigenvalue weighted by Crippen LogP contribution is 2.35. The maximum Gasteiger partial charge on any atom is 0.418 e. The molecule has 2 nitrogen and oxygen atoms in total. The molecule has 1 aromatic rings. The number of Topliss-reactive ketones (excluding diaryl/α,β-unsaturated/α-hetero) is 1. The normalized spacial score (nSPS) is 11.5. The van der Waals surface area contributed by atoms with E-state index in [0.717, 1.165) is 13.0 Å². The van der Waals surface area contributed by atoms with Gasteiger partial charge in [0.15, 0.2) is 11.6 Å². The minimum atomic E-state index is -4.72. The quantitative estimate of drug-likeness (QED) is 0.450. The van der Waals surface area contributed by atoms with Crippen LogP contribution >= 0.6 is 0 Å². The number of carbonyl (C=O) groups is 1. The molecule has 0 amide bonds. The van der Waals surface area contributed by atoms with Gasteiger partial charge in [-0.25, -0.2) is 4.39 Å². The van der Waals surface area contributed by atoms with Crippen LogP contribution in [-0.4, -0.2) is 5.78 Å². The molecule has 0 bridgehead atoms. The molecule has 1 aromatic carbocycles. The first kappa shape index (κ1) is 11.5. The predicted octanol–water partition coefficient (Wildman–Crippen LogP) is 2.63. The van der Waals surface area contributed by atoms with Gasteiger partial charge in [0.25, 0.3) is 0 Å². The number of carbonyl (C=O) groups excluding carboxylic acids is 1. The minimum absolute atomic E-state index is 0.444. The Morgan fingerprint density at radius 2 is 1.87 bits per heavy atom. The third-order valence-corrected chi connectivity index (χ3v) is 1.86. The Hall–Kier alpha value is -1.59. The molecule has 0 aliphatic rings. The van der Waals surface area contributed by atoms with E-state index in [1.54, 1.807) is 0 Å². The molecule has 0 heterocycles. The number of ketones is 1. The van der Waals surface area contributed by atoms with Crippen molar-refractivity contribution in [2.75, 3.05) is 5.73 Å². The average Bonchev–Trinajstić information content (AvgIpc) is 2.06. The molecule has 82 valence electrons. The fourth-order valence-corrected chi connectivity index (χ4v) is 1.11. The van der Waals surface area contributed by atoms with Crippen LogP contribution in [0.4, 0.5) is 23.2 Å². The van der Waals surface area contributed by atoms with Crippen LogP contribution < -0.4 is 5.73 Å². The summed E-state index contributed by atoms with van der Waals surface area (Å²) in [6.07, 6.45) is -4.72. The van der Waals surface area contributed by atoms with E-state index >= 15 is 0 Å². The molecule has 0 saturated heterocycles. The van der Waals surface area contributed by atoms with Gasteiger partial charge in [0, 0.05) is 0 Å². The Labute approximate surface area is 82.7 Å². The fourth-order valence-electron chi connectivity index (χ4n) is 1.11. The second-order valence-corrected chi connectivity index (χ2v) is 2.94. The van der Waals surface area contributed by atoms with Crippen LogP contribution in [0.25, 0.3) is 0 Å². The Balaban J connectivity index is 3.41. The lowest BCUT2D eigenvalue weighted by Crippen LogP contribution is -2.12. The summed E-state index contributed by atoms with van der Waals surface area (Å²) in [7, 11) is 0. The fraction of sp³-hybridized carbons (Fsp3) is 0.222. The number of nitrogen functional groups attached to an aromatic ring is 1. The number of rotatable bonds is 1. The Bertz CT molecular complexity index is 411. The number of halogens is 4. The van der Waals surface area contributed by atoms with Crippen LogP contribution in [0.5, 0.6) is 0 Å². The Morgan fingerprint density at radius 3 is 2.27 bits per heavy atom. The summed E-state index contributed by atoms with van der Waals surface area (Å²) in [6, 6.07) is 1.37. The van der Waals surface area contributed by atoms with Crippen LogP contribution in [-0.2, 0) is 6.18 Å². The second-order valence-electron chi connectivity index (χ2n) is 2.94. The first-order valence-electron chi connectivity index (χ1n) is 3.91. The molecule has 0 aliphatic carbocycles. The van der Waals surface area contributed by atoms with Gasteiger partial charge < -0.3 is 5.73 Å². The average molecular weight is 221 g/mol. The van der Waals surface area contributed by atoms with Crippen LogP contribution in [0, 0.1) is 5.82 Å². The van der Waals surface area contributed by atoms with Gasteiger partial charge in [-0.2, -0.15) is 13.2 Å². The molecule has 0 unspecified atom stereocenters. The van der Waals surface area contributed by atoms with Crippen molar-refractivity contribution in [1.82, 2.24) is 0 Å². The molecular weight excluding hydrogens is 214 g/mol. The monoisotopic (exact) mass is 221 g/mol. The van der Waals surface area contributed by atoms with E-state index in [1.807, 2.05) is 0 Å². The van der Waals surface area contributed by atoms with Crippen LogP contribution in [0.1, 0.15) is 22.8 Å². The lowest BCUT2D eigenvalue weighted by Gasteiger charge is -2.11. The lowest BCUT2D eigenvalue weighted by molar-refractivity contribution is -0.137. The third kappa shape index (κ3) is 2.08. The van der Waals surface area contributed by atoms with Crippen molar-refractivity contribution in [3.8, 4) is 0 Å². The Kier molecular flexibility index (Phi) is 2.70. The number of alkyl halides is 3. The summed E-state index contributed by atoms with van der Waals surface area (Å²) in [5.74, 6) is -2.00. The lowest BCUT2D eigenvalue weighted by atomic mass is 10.1. The zero-order chi connectivity index (χ0) is 11.8. The van der Waals surface area contributed by atoms with E-state index in [4.69, 9.17) is 5.73 Å². The molecule has 0 radical (unpaired) electrons. The van der Waals surface area contributed by atoms with Gasteiger partial charge in [-0.15, -0.1) is 0 Å². The van der Waals surface area contributed by atoms with Gasteiger partial charge in [-0.3, -0.25) is 4.79 Å². The molecule has 0 atom stereocenters. The molecule has 0 aliphatic heterocycles. The van der Waals surface area contributed by atoms with Crippen molar-refractivity contribution in [3.05, 3.63) is 29.1 Å². The molecule has 2 N–H and O–H groups in total. The molecule has 15 heavy (non-hydrogen) atoms.